The van der Waals surface area contributed by atoms with E-state index in [-0.39, 0.29) is 23.7 Å². The molecule has 1 amide bonds. The first-order chi connectivity index (χ1) is 16.1. The van der Waals surface area contributed by atoms with Gasteiger partial charge in [0.25, 0.3) is 11.8 Å². The van der Waals surface area contributed by atoms with Crippen molar-refractivity contribution in [1.29, 1.82) is 0 Å². The minimum atomic E-state index is -0.369. The highest BCUT2D eigenvalue weighted by Crippen LogP contribution is 2.28. The second kappa shape index (κ2) is 8.93. The van der Waals surface area contributed by atoms with E-state index in [1.54, 1.807) is 25.1 Å². The zero-order valence-electron chi connectivity index (χ0n) is 18.1. The van der Waals surface area contributed by atoms with Gasteiger partial charge in [-0.05, 0) is 56.5 Å². The van der Waals surface area contributed by atoms with E-state index in [9.17, 15) is 9.18 Å². The highest BCUT2D eigenvalue weighted by molar-refractivity contribution is 6.00. The summed E-state index contributed by atoms with van der Waals surface area (Å²) in [5, 5.41) is 12.1. The summed E-state index contributed by atoms with van der Waals surface area (Å²) in [6.07, 6.45) is 3.17. The van der Waals surface area contributed by atoms with Gasteiger partial charge in [0.05, 0.1) is 11.1 Å². The third kappa shape index (κ3) is 4.39. The molecule has 0 saturated carbocycles. The van der Waals surface area contributed by atoms with Gasteiger partial charge in [0.1, 0.15) is 5.82 Å². The van der Waals surface area contributed by atoms with Crippen LogP contribution in [0.15, 0.2) is 57.5 Å². The molecule has 0 radical (unpaired) electrons. The number of carbonyl (C=O) groups excluding carboxylic acids is 1. The SMILES string of the molecule is Cc1noc(-c2ccccc2C(=O)N2CCCC[C@H]2Cc2nnc(-c3cccc(F)c3)o2)n1. The van der Waals surface area contributed by atoms with E-state index in [4.69, 9.17) is 8.94 Å². The third-order valence-electron chi connectivity index (χ3n) is 5.75. The van der Waals surface area contributed by atoms with Gasteiger partial charge in [-0.3, -0.25) is 4.79 Å². The van der Waals surface area contributed by atoms with Crippen molar-refractivity contribution in [3.8, 4) is 22.9 Å². The first-order valence-corrected chi connectivity index (χ1v) is 10.9. The van der Waals surface area contributed by atoms with Crippen LogP contribution in [0.2, 0.25) is 0 Å². The fourth-order valence-electron chi connectivity index (χ4n) is 4.17. The molecular weight excluding hydrogens is 425 g/mol. The van der Waals surface area contributed by atoms with Crippen LogP contribution in [0.1, 0.15) is 41.3 Å². The monoisotopic (exact) mass is 447 g/mol. The molecule has 3 heterocycles. The number of hydrogen-bond acceptors (Lipinski definition) is 7. The van der Waals surface area contributed by atoms with Gasteiger partial charge in [-0.2, -0.15) is 4.98 Å². The molecule has 1 atom stereocenters. The fourth-order valence-corrected chi connectivity index (χ4v) is 4.17. The molecule has 33 heavy (non-hydrogen) atoms. The molecule has 9 heteroatoms. The Morgan fingerprint density at radius 3 is 2.82 bits per heavy atom. The van der Waals surface area contributed by atoms with E-state index in [1.807, 2.05) is 23.1 Å². The van der Waals surface area contributed by atoms with E-state index >= 15 is 0 Å². The fraction of sp³-hybridized carbons (Fsp3) is 0.292. The summed E-state index contributed by atoms with van der Waals surface area (Å²) in [6.45, 7) is 2.37. The number of piperidine rings is 1. The highest BCUT2D eigenvalue weighted by atomic mass is 19.1. The van der Waals surface area contributed by atoms with Crippen LogP contribution >= 0.6 is 0 Å². The van der Waals surface area contributed by atoms with E-state index in [2.05, 4.69) is 20.3 Å². The van der Waals surface area contributed by atoms with E-state index in [0.717, 1.165) is 19.3 Å². The summed E-state index contributed by atoms with van der Waals surface area (Å²) in [7, 11) is 0. The molecule has 0 bridgehead atoms. The Kier molecular flexibility index (Phi) is 5.68. The predicted molar refractivity (Wildman–Crippen MR) is 117 cm³/mol. The third-order valence-corrected chi connectivity index (χ3v) is 5.75. The molecule has 2 aromatic heterocycles. The topological polar surface area (TPSA) is 98.2 Å². The van der Waals surface area contributed by atoms with E-state index in [0.29, 0.717) is 47.3 Å². The molecule has 8 nitrogen and oxygen atoms in total. The van der Waals surface area contributed by atoms with Gasteiger partial charge < -0.3 is 13.8 Å². The first kappa shape index (κ1) is 21.0. The molecular formula is C24H22FN5O3. The molecule has 5 rings (SSSR count). The molecule has 2 aromatic carbocycles. The Morgan fingerprint density at radius 1 is 1.12 bits per heavy atom. The summed E-state index contributed by atoms with van der Waals surface area (Å²) in [5.74, 6) is 1.03. The molecule has 0 aliphatic carbocycles. The van der Waals surface area contributed by atoms with Crippen LogP contribution in [-0.4, -0.2) is 43.7 Å². The van der Waals surface area contributed by atoms with Crippen molar-refractivity contribution in [2.75, 3.05) is 6.54 Å². The Bertz CT molecular complexity index is 1280. The highest BCUT2D eigenvalue weighted by Gasteiger charge is 2.31. The van der Waals surface area contributed by atoms with E-state index < -0.39 is 0 Å². The normalized spacial score (nSPS) is 16.2. The summed E-state index contributed by atoms with van der Waals surface area (Å²) in [4.78, 5) is 19.7. The average Bonchev–Trinajstić information content (AvgIpc) is 3.48. The molecule has 0 unspecified atom stereocenters. The number of aryl methyl sites for hydroxylation is 1. The van der Waals surface area contributed by atoms with Crippen molar-refractivity contribution in [1.82, 2.24) is 25.2 Å². The molecule has 1 aliphatic rings. The second-order valence-electron chi connectivity index (χ2n) is 8.06. The standard InChI is InChI=1S/C24H22FN5O3/c1-15-26-23(33-29-15)19-10-2-3-11-20(19)24(31)30-12-5-4-9-18(30)14-21-27-28-22(32-21)16-7-6-8-17(25)13-16/h2-3,6-8,10-11,13,18H,4-5,9,12,14H2,1H3/t18-/m0/s1. The van der Waals surface area contributed by atoms with Crippen molar-refractivity contribution < 1.29 is 18.1 Å². The van der Waals surface area contributed by atoms with Crippen LogP contribution in [0, 0.1) is 12.7 Å². The van der Waals surface area contributed by atoms with Crippen molar-refractivity contribution in [2.24, 2.45) is 0 Å². The lowest BCUT2D eigenvalue weighted by atomic mass is 9.97. The maximum Gasteiger partial charge on any atom is 0.258 e. The summed E-state index contributed by atoms with van der Waals surface area (Å²) in [5.41, 5.74) is 1.65. The lowest BCUT2D eigenvalue weighted by Crippen LogP contribution is -2.45. The number of amides is 1. The molecule has 1 aliphatic heterocycles. The van der Waals surface area contributed by atoms with Gasteiger partial charge in [-0.1, -0.05) is 23.4 Å². The summed E-state index contributed by atoms with van der Waals surface area (Å²) in [6, 6.07) is 13.2. The van der Waals surface area contributed by atoms with Crippen LogP contribution in [-0.2, 0) is 6.42 Å². The molecule has 4 aromatic rings. The number of hydrogen-bond donors (Lipinski definition) is 0. The molecule has 1 saturated heterocycles. The first-order valence-electron chi connectivity index (χ1n) is 10.9. The number of carbonyl (C=O) groups is 1. The van der Waals surface area contributed by atoms with Gasteiger partial charge >= 0.3 is 0 Å². The number of benzene rings is 2. The molecule has 0 spiro atoms. The second-order valence-corrected chi connectivity index (χ2v) is 8.06. The molecule has 168 valence electrons. The van der Waals surface area contributed by atoms with Crippen LogP contribution in [0.5, 0.6) is 0 Å². The van der Waals surface area contributed by atoms with Gasteiger partial charge in [0.15, 0.2) is 5.82 Å². The summed E-state index contributed by atoms with van der Waals surface area (Å²) < 4.78 is 24.7. The smallest absolute Gasteiger partial charge is 0.258 e. The Hall–Kier alpha value is -3.88. The van der Waals surface area contributed by atoms with Crippen molar-refractivity contribution >= 4 is 5.91 Å². The largest absolute Gasteiger partial charge is 0.421 e. The number of likely N-dealkylation sites (tertiary alicyclic amines) is 1. The van der Waals surface area contributed by atoms with Gasteiger partial charge in [-0.25, -0.2) is 4.39 Å². The van der Waals surface area contributed by atoms with Gasteiger partial charge in [0, 0.05) is 24.6 Å². The minimum Gasteiger partial charge on any atom is -0.421 e. The van der Waals surface area contributed by atoms with Crippen molar-refractivity contribution in [3.05, 3.63) is 71.6 Å². The lowest BCUT2D eigenvalue weighted by Gasteiger charge is -2.35. The number of rotatable bonds is 5. The van der Waals surface area contributed by atoms with Crippen LogP contribution in [0.3, 0.4) is 0 Å². The number of nitrogens with zero attached hydrogens (tertiary/aromatic N) is 5. The van der Waals surface area contributed by atoms with Crippen LogP contribution < -0.4 is 0 Å². The summed E-state index contributed by atoms with van der Waals surface area (Å²) >= 11 is 0. The van der Waals surface area contributed by atoms with E-state index in [1.165, 1.54) is 12.1 Å². The number of halogens is 1. The Morgan fingerprint density at radius 2 is 2.00 bits per heavy atom. The van der Waals surface area contributed by atoms with Crippen molar-refractivity contribution in [2.45, 2.75) is 38.6 Å². The zero-order valence-corrected chi connectivity index (χ0v) is 18.1. The lowest BCUT2D eigenvalue weighted by molar-refractivity contribution is 0.0606. The molecule has 1 fully saturated rings. The minimum absolute atomic E-state index is 0.0930. The van der Waals surface area contributed by atoms with Crippen molar-refractivity contribution in [3.63, 3.8) is 0 Å². The predicted octanol–water partition coefficient (Wildman–Crippen LogP) is 4.47. The zero-order chi connectivity index (χ0) is 22.8. The average molecular weight is 447 g/mol. The van der Waals surface area contributed by atoms with Gasteiger partial charge in [-0.15, -0.1) is 10.2 Å². The quantitative estimate of drug-likeness (QED) is 0.445. The Labute approximate surface area is 189 Å². The maximum atomic E-state index is 13.6. The Balaban J connectivity index is 1.39. The maximum absolute atomic E-state index is 13.6. The van der Waals surface area contributed by atoms with Crippen LogP contribution in [0.4, 0.5) is 4.39 Å². The number of aromatic nitrogens is 4. The van der Waals surface area contributed by atoms with Gasteiger partial charge in [0.2, 0.25) is 11.8 Å². The molecule has 0 N–H and O–H groups in total. The van der Waals surface area contributed by atoms with Crippen LogP contribution in [0.25, 0.3) is 22.9 Å².